The molecule has 0 fully saturated rings. The maximum atomic E-state index is 5.24. The summed E-state index contributed by atoms with van der Waals surface area (Å²) in [5.41, 5.74) is 25.9. The van der Waals surface area contributed by atoms with Crippen LogP contribution in [0.25, 0.3) is 118 Å². The molecule has 5 heteroatoms. The standard InChI is InChI=1S/C78H55N5/c1-7-19-54(20-8-1)56-31-35-58(36-32-56)72-49-66-50-76-67(47-65(66)48-71(72)59-39-41-69(42-40-59)82-77(62-27-15-5-16-28-62)52-73(79-82)60-23-11-3-12-24-60)51-75(64-37-33-57(34-38-64)55-21-9-2-10-22-55)81(76)68-43-45-70(46-44-68)83-78(63-29-17-6-18-30-63)53-74(80-83)61-25-13-4-14-26-61/h1-47,49-53,71H,48H2. The fourth-order valence-corrected chi connectivity index (χ4v) is 12.1. The quantitative estimate of drug-likeness (QED) is 0.122. The molecule has 83 heavy (non-hydrogen) atoms. The van der Waals surface area contributed by atoms with Crippen molar-refractivity contribution in [1.29, 1.82) is 0 Å². The van der Waals surface area contributed by atoms with Gasteiger partial charge in [0.05, 0.1) is 45.4 Å². The molecule has 5 nitrogen and oxygen atoms in total. The van der Waals surface area contributed by atoms with Crippen LogP contribution in [0.5, 0.6) is 0 Å². The van der Waals surface area contributed by atoms with Gasteiger partial charge in [0.25, 0.3) is 0 Å². The van der Waals surface area contributed by atoms with Gasteiger partial charge in [-0.2, -0.15) is 10.2 Å². The first-order valence-electron chi connectivity index (χ1n) is 28.5. The number of allylic oxidation sites excluding steroid dienone is 1. The number of fused-ring (bicyclic) bond motifs is 2. The number of benzene rings is 11. The van der Waals surface area contributed by atoms with E-state index in [-0.39, 0.29) is 5.92 Å². The number of nitrogens with zero attached hydrogens (tertiary/aromatic N) is 5. The third-order valence-corrected chi connectivity index (χ3v) is 16.4. The molecule has 1 atom stereocenters. The Balaban J connectivity index is 0.855. The molecule has 392 valence electrons. The van der Waals surface area contributed by atoms with Crippen LogP contribution in [-0.2, 0) is 6.42 Å². The van der Waals surface area contributed by atoms with Crippen LogP contribution < -0.4 is 0 Å². The van der Waals surface area contributed by atoms with Crippen molar-refractivity contribution < 1.29 is 0 Å². The minimum atomic E-state index is 0.0905. The summed E-state index contributed by atoms with van der Waals surface area (Å²) in [5, 5.41) is 11.7. The average Bonchev–Trinajstić information content (AvgIpc) is 4.51. The van der Waals surface area contributed by atoms with Crippen molar-refractivity contribution in [1.82, 2.24) is 24.1 Å². The van der Waals surface area contributed by atoms with E-state index in [9.17, 15) is 0 Å². The van der Waals surface area contributed by atoms with Gasteiger partial charge in [-0.3, -0.25) is 0 Å². The monoisotopic (exact) mass is 1060 g/mol. The van der Waals surface area contributed by atoms with E-state index in [0.717, 1.165) is 85.3 Å². The Bertz CT molecular complexity index is 4600. The zero-order valence-electron chi connectivity index (χ0n) is 45.5. The van der Waals surface area contributed by atoms with E-state index < -0.39 is 0 Å². The van der Waals surface area contributed by atoms with Crippen molar-refractivity contribution in [2.45, 2.75) is 12.3 Å². The Morgan fingerprint density at radius 2 is 0.675 bits per heavy atom. The van der Waals surface area contributed by atoms with Gasteiger partial charge in [-0.25, -0.2) is 9.36 Å². The molecule has 14 aromatic rings. The molecule has 0 N–H and O–H groups in total. The molecule has 0 saturated heterocycles. The van der Waals surface area contributed by atoms with E-state index in [2.05, 4.69) is 323 Å². The minimum absolute atomic E-state index is 0.0905. The van der Waals surface area contributed by atoms with E-state index >= 15 is 0 Å². The summed E-state index contributed by atoms with van der Waals surface area (Å²) in [4.78, 5) is 0. The first kappa shape index (κ1) is 49.2. The molecule has 0 saturated carbocycles. The highest BCUT2D eigenvalue weighted by Gasteiger charge is 2.27. The largest absolute Gasteiger partial charge is 0.309 e. The van der Waals surface area contributed by atoms with E-state index in [1.54, 1.807) is 0 Å². The highest BCUT2D eigenvalue weighted by atomic mass is 15.3. The lowest BCUT2D eigenvalue weighted by molar-refractivity contribution is 0.841. The topological polar surface area (TPSA) is 40.6 Å². The molecule has 0 amide bonds. The van der Waals surface area contributed by atoms with Crippen LogP contribution in [0, 0.1) is 0 Å². The molecule has 0 bridgehead atoms. The van der Waals surface area contributed by atoms with Gasteiger partial charge in [0.15, 0.2) is 0 Å². The first-order chi connectivity index (χ1) is 41.1. The van der Waals surface area contributed by atoms with Gasteiger partial charge in [-0.05, 0) is 129 Å². The van der Waals surface area contributed by atoms with E-state index in [1.807, 2.05) is 6.07 Å². The number of hydrogen-bond acceptors (Lipinski definition) is 2. The molecule has 1 aliphatic rings. The maximum Gasteiger partial charge on any atom is 0.0934 e. The average molecular weight is 1060 g/mol. The maximum absolute atomic E-state index is 5.24. The Labute approximate surface area is 483 Å². The zero-order chi connectivity index (χ0) is 55.1. The highest BCUT2D eigenvalue weighted by Crippen LogP contribution is 2.45. The van der Waals surface area contributed by atoms with Gasteiger partial charge in [0.1, 0.15) is 0 Å². The van der Waals surface area contributed by atoms with E-state index in [0.29, 0.717) is 0 Å². The van der Waals surface area contributed by atoms with Crippen LogP contribution in [0.15, 0.2) is 309 Å². The summed E-state index contributed by atoms with van der Waals surface area (Å²) in [6, 6.07) is 111. The van der Waals surface area contributed by atoms with Crippen molar-refractivity contribution in [3.8, 4) is 95.6 Å². The molecule has 15 rings (SSSR count). The van der Waals surface area contributed by atoms with Crippen molar-refractivity contribution in [3.63, 3.8) is 0 Å². The Morgan fingerprint density at radius 3 is 1.14 bits per heavy atom. The summed E-state index contributed by atoms with van der Waals surface area (Å²) < 4.78 is 6.63. The predicted octanol–water partition coefficient (Wildman–Crippen LogP) is 19.6. The molecule has 11 aromatic carbocycles. The SMILES string of the molecule is C1=C(c2ccc(-c3ccccc3)cc2)C(c2ccc(-n3nc(-c4ccccc4)cc3-c3ccccc3)cc2)Cc2cc3cc(-c4ccc(-c5ccccc5)cc4)n(-c4ccc(-n5nc(-c6ccccc6)cc5-c5ccccc5)cc4)c3cc21. The molecule has 0 radical (unpaired) electrons. The lowest BCUT2D eigenvalue weighted by Gasteiger charge is -2.28. The second-order valence-electron chi connectivity index (χ2n) is 21.4. The fourth-order valence-electron chi connectivity index (χ4n) is 12.1. The molecule has 3 aromatic heterocycles. The summed E-state index contributed by atoms with van der Waals surface area (Å²) >= 11 is 0. The van der Waals surface area contributed by atoms with Gasteiger partial charge < -0.3 is 4.57 Å². The predicted molar refractivity (Wildman–Crippen MR) is 343 cm³/mol. The second kappa shape index (κ2) is 21.3. The van der Waals surface area contributed by atoms with Crippen molar-refractivity contribution >= 4 is 22.6 Å². The number of rotatable bonds is 12. The van der Waals surface area contributed by atoms with Crippen LogP contribution in [0.2, 0.25) is 0 Å². The lowest BCUT2D eigenvalue weighted by Crippen LogP contribution is -2.12. The summed E-state index contributed by atoms with van der Waals surface area (Å²) in [6.07, 6.45) is 3.30. The van der Waals surface area contributed by atoms with Crippen LogP contribution in [0.4, 0.5) is 0 Å². The van der Waals surface area contributed by atoms with Gasteiger partial charge >= 0.3 is 0 Å². The van der Waals surface area contributed by atoms with Crippen LogP contribution in [0.3, 0.4) is 0 Å². The molecular formula is C78H55N5. The fraction of sp³-hybridized carbons (Fsp3) is 0.0256. The van der Waals surface area contributed by atoms with E-state index in [4.69, 9.17) is 10.2 Å². The smallest absolute Gasteiger partial charge is 0.0934 e. The Kier molecular flexibility index (Phi) is 12.6. The highest BCUT2D eigenvalue weighted by molar-refractivity contribution is 5.96. The molecule has 0 aliphatic heterocycles. The van der Waals surface area contributed by atoms with Crippen LogP contribution in [-0.4, -0.2) is 24.1 Å². The van der Waals surface area contributed by atoms with E-state index in [1.165, 1.54) is 55.5 Å². The zero-order valence-corrected chi connectivity index (χ0v) is 45.5. The third kappa shape index (κ3) is 9.50. The molecule has 3 heterocycles. The van der Waals surface area contributed by atoms with Crippen molar-refractivity contribution in [3.05, 3.63) is 332 Å². The van der Waals surface area contributed by atoms with Crippen molar-refractivity contribution in [2.75, 3.05) is 0 Å². The molecule has 1 aliphatic carbocycles. The summed E-state index contributed by atoms with van der Waals surface area (Å²) in [7, 11) is 0. The summed E-state index contributed by atoms with van der Waals surface area (Å²) in [6.45, 7) is 0. The Hall–Kier alpha value is -10.9. The number of aromatic nitrogens is 5. The summed E-state index contributed by atoms with van der Waals surface area (Å²) in [5.74, 6) is 0.0905. The molecule has 1 unspecified atom stereocenters. The van der Waals surface area contributed by atoms with Crippen LogP contribution in [0.1, 0.15) is 28.2 Å². The van der Waals surface area contributed by atoms with Gasteiger partial charge in [0.2, 0.25) is 0 Å². The number of hydrogen-bond donors (Lipinski definition) is 0. The Morgan fingerprint density at radius 1 is 0.301 bits per heavy atom. The van der Waals surface area contributed by atoms with Gasteiger partial charge in [-0.1, -0.05) is 249 Å². The van der Waals surface area contributed by atoms with Gasteiger partial charge in [-0.15, -0.1) is 0 Å². The van der Waals surface area contributed by atoms with Crippen LogP contribution >= 0.6 is 0 Å². The molecule has 0 spiro atoms. The third-order valence-electron chi connectivity index (χ3n) is 16.4. The molecular weight excluding hydrogens is 1010 g/mol. The van der Waals surface area contributed by atoms with Crippen molar-refractivity contribution in [2.24, 2.45) is 0 Å². The van der Waals surface area contributed by atoms with Gasteiger partial charge in [0, 0.05) is 39.2 Å². The first-order valence-corrected chi connectivity index (χ1v) is 28.5. The normalized spacial score (nSPS) is 13.0. The minimum Gasteiger partial charge on any atom is -0.309 e. The second-order valence-corrected chi connectivity index (χ2v) is 21.4. The lowest BCUT2D eigenvalue weighted by atomic mass is 9.76.